The normalized spacial score (nSPS) is 11.7. The van der Waals surface area contributed by atoms with Gasteiger partial charge in [-0.1, -0.05) is 267 Å². The highest BCUT2D eigenvalue weighted by Crippen LogP contribution is 2.50. The minimum Gasteiger partial charge on any atom is -0.0622 e. The van der Waals surface area contributed by atoms with Crippen LogP contribution in [0.5, 0.6) is 0 Å². The molecule has 318 valence electrons. The van der Waals surface area contributed by atoms with Crippen molar-refractivity contribution in [2.24, 2.45) is 0 Å². The lowest BCUT2D eigenvalue weighted by atomic mass is 9.80. The largest absolute Gasteiger partial charge is 0.0622 e. The summed E-state index contributed by atoms with van der Waals surface area (Å²) in [4.78, 5) is 0. The zero-order chi connectivity index (χ0) is 45.2. The Kier molecular flexibility index (Phi) is 10.7. The van der Waals surface area contributed by atoms with Gasteiger partial charge < -0.3 is 0 Å². The van der Waals surface area contributed by atoms with Gasteiger partial charge >= 0.3 is 0 Å². The van der Waals surface area contributed by atoms with Crippen LogP contribution in [-0.4, -0.2) is 0 Å². The van der Waals surface area contributed by atoms with E-state index >= 15 is 0 Å². The average molecular weight is 863 g/mol. The molecule has 0 atom stereocenters. The van der Waals surface area contributed by atoms with Crippen LogP contribution in [0.25, 0.3) is 123 Å². The molecular formula is C68H46. The molecule has 0 aliphatic carbocycles. The van der Waals surface area contributed by atoms with E-state index in [2.05, 4.69) is 279 Å². The fraction of sp³-hybridized carbons (Fsp3) is 0. The minimum atomic E-state index is 1.17. The zero-order valence-electron chi connectivity index (χ0n) is 37.6. The van der Waals surface area contributed by atoms with Crippen LogP contribution >= 0.6 is 0 Å². The summed E-state index contributed by atoms with van der Waals surface area (Å²) in [6.07, 6.45) is 8.79. The van der Waals surface area contributed by atoms with Crippen molar-refractivity contribution in [3.8, 4) is 55.6 Å². The third-order valence-corrected chi connectivity index (χ3v) is 13.4. The van der Waals surface area contributed by atoms with Gasteiger partial charge in [0.15, 0.2) is 0 Å². The first-order valence-electron chi connectivity index (χ1n) is 23.5. The van der Waals surface area contributed by atoms with Crippen molar-refractivity contribution in [1.82, 2.24) is 0 Å². The molecule has 0 nitrogen and oxygen atoms in total. The van der Waals surface area contributed by atoms with Crippen LogP contribution in [0, 0.1) is 0 Å². The number of hydrogen-bond acceptors (Lipinski definition) is 0. The number of rotatable bonds is 9. The molecule has 0 aromatic heterocycles. The maximum atomic E-state index is 2.35. The van der Waals surface area contributed by atoms with Crippen LogP contribution in [0.4, 0.5) is 0 Å². The smallest absolute Gasteiger partial charge is 0.00139 e. The Morgan fingerprint density at radius 1 is 0.191 bits per heavy atom. The van der Waals surface area contributed by atoms with Crippen LogP contribution in [0.1, 0.15) is 22.3 Å². The summed E-state index contributed by atoms with van der Waals surface area (Å²) in [7, 11) is 0. The summed E-state index contributed by atoms with van der Waals surface area (Å²) < 4.78 is 0. The Labute approximate surface area is 398 Å². The van der Waals surface area contributed by atoms with E-state index in [1.54, 1.807) is 0 Å². The van der Waals surface area contributed by atoms with Crippen molar-refractivity contribution in [3.63, 3.8) is 0 Å². The molecule has 0 amide bonds. The first-order valence-corrected chi connectivity index (χ1v) is 23.5. The predicted octanol–water partition coefficient (Wildman–Crippen LogP) is 19.0. The number of benzene rings is 12. The predicted molar refractivity (Wildman–Crippen MR) is 294 cm³/mol. The van der Waals surface area contributed by atoms with E-state index < -0.39 is 0 Å². The molecule has 0 aliphatic heterocycles. The van der Waals surface area contributed by atoms with E-state index in [-0.39, 0.29) is 0 Å². The summed E-state index contributed by atoms with van der Waals surface area (Å²) in [6.45, 7) is 0. The molecule has 0 bridgehead atoms. The molecular weight excluding hydrogens is 817 g/mol. The summed E-state index contributed by atoms with van der Waals surface area (Å²) in [5.74, 6) is 0. The van der Waals surface area contributed by atoms with E-state index in [9.17, 15) is 0 Å². The van der Waals surface area contributed by atoms with Gasteiger partial charge in [-0.05, 0) is 133 Å². The summed E-state index contributed by atoms with van der Waals surface area (Å²) in [6, 6.07) is 93.1. The van der Waals surface area contributed by atoms with Gasteiger partial charge in [0, 0.05) is 0 Å². The molecule has 0 spiro atoms. The molecule has 0 saturated carbocycles. The van der Waals surface area contributed by atoms with E-state index in [1.807, 2.05) is 0 Å². The van der Waals surface area contributed by atoms with Crippen LogP contribution in [0.15, 0.2) is 255 Å². The molecule has 68 heavy (non-hydrogen) atoms. The van der Waals surface area contributed by atoms with Crippen LogP contribution < -0.4 is 0 Å². The fourth-order valence-corrected chi connectivity index (χ4v) is 10.3. The topological polar surface area (TPSA) is 0 Å². The van der Waals surface area contributed by atoms with Crippen molar-refractivity contribution in [1.29, 1.82) is 0 Å². The Hall–Kier alpha value is -8.84. The van der Waals surface area contributed by atoms with E-state index in [1.165, 1.54) is 121 Å². The van der Waals surface area contributed by atoms with Gasteiger partial charge in [0.1, 0.15) is 0 Å². The molecule has 12 aromatic rings. The van der Waals surface area contributed by atoms with Crippen molar-refractivity contribution in [2.45, 2.75) is 0 Å². The van der Waals surface area contributed by atoms with Crippen LogP contribution in [0.2, 0.25) is 0 Å². The maximum absolute atomic E-state index is 2.35. The lowest BCUT2D eigenvalue weighted by Crippen LogP contribution is -1.95. The maximum Gasteiger partial charge on any atom is -0.00139 e. The monoisotopic (exact) mass is 862 g/mol. The summed E-state index contributed by atoms with van der Waals surface area (Å²) in [5, 5.41) is 9.88. The van der Waals surface area contributed by atoms with Crippen LogP contribution in [-0.2, 0) is 0 Å². The van der Waals surface area contributed by atoms with E-state index in [4.69, 9.17) is 0 Å². The van der Waals surface area contributed by atoms with E-state index in [0.29, 0.717) is 0 Å². The SMILES string of the molecule is C(=Cc1cccc(-c2cccc3c(-c4c5ccccc5c(-c5cccc6c(-c7cccc(C=Cc8ccccc8)c7)cccc56)c5c(-c6ccccc6)cccc45)cccc23)c1)c1ccccc1. The standard InChI is InChI=1S/C68H46/c1-4-19-47(20-5-1)41-43-49-23-12-27-52(45-49)54-31-14-36-59-57(54)34-17-38-61(59)66-63-29-10-11-30-64(63)68(67-56(33-16-40-65(66)67)51-25-8-3-9-26-51)62-39-18-35-58-55(32-15-37-60(58)62)53-28-13-24-50(46-53)44-42-48-21-6-2-7-22-48/h1-46H. The van der Waals surface area contributed by atoms with Gasteiger partial charge in [-0.2, -0.15) is 0 Å². The quantitative estimate of drug-likeness (QED) is 0.100. The molecule has 0 radical (unpaired) electrons. The molecule has 0 unspecified atom stereocenters. The Morgan fingerprint density at radius 3 is 1.03 bits per heavy atom. The fourth-order valence-electron chi connectivity index (χ4n) is 10.3. The van der Waals surface area contributed by atoms with Gasteiger partial charge in [-0.15, -0.1) is 0 Å². The third-order valence-electron chi connectivity index (χ3n) is 13.4. The average Bonchev–Trinajstić information content (AvgIpc) is 3.41. The highest BCUT2D eigenvalue weighted by atomic mass is 14.3. The lowest BCUT2D eigenvalue weighted by molar-refractivity contribution is 1.61. The highest BCUT2D eigenvalue weighted by molar-refractivity contribution is 6.28. The minimum absolute atomic E-state index is 1.17. The molecule has 0 N–H and O–H groups in total. The first-order chi connectivity index (χ1) is 33.7. The molecule has 0 heteroatoms. The van der Waals surface area contributed by atoms with Gasteiger partial charge in [-0.25, -0.2) is 0 Å². The molecule has 0 heterocycles. The second-order valence-electron chi connectivity index (χ2n) is 17.5. The second-order valence-corrected chi connectivity index (χ2v) is 17.5. The van der Waals surface area contributed by atoms with Crippen LogP contribution in [0.3, 0.4) is 0 Å². The van der Waals surface area contributed by atoms with Gasteiger partial charge in [-0.3, -0.25) is 0 Å². The Morgan fingerprint density at radius 2 is 0.515 bits per heavy atom. The van der Waals surface area contributed by atoms with Gasteiger partial charge in [0.05, 0.1) is 0 Å². The van der Waals surface area contributed by atoms with Crippen molar-refractivity contribution in [3.05, 3.63) is 277 Å². The van der Waals surface area contributed by atoms with Gasteiger partial charge in [0.2, 0.25) is 0 Å². The van der Waals surface area contributed by atoms with Gasteiger partial charge in [0.25, 0.3) is 0 Å². The van der Waals surface area contributed by atoms with Crippen molar-refractivity contribution >= 4 is 67.4 Å². The number of hydrogen-bond donors (Lipinski definition) is 0. The third kappa shape index (κ3) is 7.59. The van der Waals surface area contributed by atoms with E-state index in [0.717, 1.165) is 0 Å². The lowest BCUT2D eigenvalue weighted by Gasteiger charge is -2.22. The highest BCUT2D eigenvalue weighted by Gasteiger charge is 2.22. The van der Waals surface area contributed by atoms with Crippen molar-refractivity contribution in [2.75, 3.05) is 0 Å². The zero-order valence-corrected chi connectivity index (χ0v) is 37.6. The second kappa shape index (κ2) is 17.9. The summed E-state index contributed by atoms with van der Waals surface area (Å²) >= 11 is 0. The molecule has 0 aliphatic rings. The summed E-state index contributed by atoms with van der Waals surface area (Å²) in [5.41, 5.74) is 16.9. The first kappa shape index (κ1) is 40.7. The Balaban J connectivity index is 1.07. The number of fused-ring (bicyclic) bond motifs is 4. The molecule has 12 rings (SSSR count). The Bertz CT molecular complexity index is 3870. The molecule has 12 aromatic carbocycles. The van der Waals surface area contributed by atoms with Crippen molar-refractivity contribution < 1.29 is 0 Å². The molecule has 0 saturated heterocycles. The molecule has 0 fully saturated rings.